The molecule has 0 aromatic heterocycles. The molecule has 0 saturated heterocycles. The monoisotopic (exact) mass is 180 g/mol. The van der Waals surface area contributed by atoms with Crippen LogP contribution in [0.25, 0.3) is 0 Å². The molecule has 1 heteroatoms. The Balaban J connectivity index is 1.94. The summed E-state index contributed by atoms with van der Waals surface area (Å²) < 4.78 is 0. The molecule has 0 aromatic carbocycles. The van der Waals surface area contributed by atoms with Crippen molar-refractivity contribution in [2.45, 2.75) is 44.9 Å². The van der Waals surface area contributed by atoms with Crippen molar-refractivity contribution >= 4 is 0 Å². The van der Waals surface area contributed by atoms with E-state index in [4.69, 9.17) is 5.11 Å². The Morgan fingerprint density at radius 1 is 1.31 bits per heavy atom. The summed E-state index contributed by atoms with van der Waals surface area (Å²) in [7, 11) is 0. The molecule has 1 saturated carbocycles. The van der Waals surface area contributed by atoms with Gasteiger partial charge in [-0.15, -0.1) is 0 Å². The number of allylic oxidation sites excluding steroid dienone is 2. The molecule has 0 unspecified atom stereocenters. The third-order valence-corrected chi connectivity index (χ3v) is 3.65. The van der Waals surface area contributed by atoms with E-state index in [-0.39, 0.29) is 0 Å². The fraction of sp³-hybridized carbons (Fsp3) is 0.833. The molecule has 0 radical (unpaired) electrons. The molecule has 2 aliphatic rings. The van der Waals surface area contributed by atoms with Crippen molar-refractivity contribution < 1.29 is 5.11 Å². The van der Waals surface area contributed by atoms with Crippen LogP contribution < -0.4 is 0 Å². The Morgan fingerprint density at radius 2 is 2.23 bits per heavy atom. The Morgan fingerprint density at radius 3 is 3.08 bits per heavy atom. The van der Waals surface area contributed by atoms with Gasteiger partial charge < -0.3 is 5.11 Å². The van der Waals surface area contributed by atoms with Gasteiger partial charge in [0.05, 0.1) is 0 Å². The zero-order valence-corrected chi connectivity index (χ0v) is 8.34. The summed E-state index contributed by atoms with van der Waals surface area (Å²) in [6.07, 6.45) is 11.7. The Hall–Kier alpha value is -0.300. The molecule has 0 bridgehead atoms. The minimum Gasteiger partial charge on any atom is -0.396 e. The fourth-order valence-electron chi connectivity index (χ4n) is 3.00. The van der Waals surface area contributed by atoms with Crippen LogP contribution >= 0.6 is 0 Å². The van der Waals surface area contributed by atoms with E-state index in [1.165, 1.54) is 38.5 Å². The number of hydrogen-bond donors (Lipinski definition) is 1. The van der Waals surface area contributed by atoms with Crippen LogP contribution in [0, 0.1) is 11.8 Å². The van der Waals surface area contributed by atoms with Gasteiger partial charge in [0.25, 0.3) is 0 Å². The van der Waals surface area contributed by atoms with Crippen LogP contribution in [0.2, 0.25) is 0 Å². The van der Waals surface area contributed by atoms with Crippen LogP contribution in [0.1, 0.15) is 44.9 Å². The average Bonchev–Trinajstić information content (AvgIpc) is 2.58. The zero-order chi connectivity index (χ0) is 9.10. The first-order valence-corrected chi connectivity index (χ1v) is 5.72. The van der Waals surface area contributed by atoms with Gasteiger partial charge in [0.15, 0.2) is 0 Å². The molecule has 74 valence electrons. The standard InChI is InChI=1S/C12H20O/c13-9-3-5-11-8-7-10-4-1-2-6-12(10)11/h6,10-11,13H,1-5,7-9H2/t10-,11+/m0/s1. The summed E-state index contributed by atoms with van der Waals surface area (Å²) in [6, 6.07) is 0. The first kappa shape index (κ1) is 9.26. The molecular weight excluding hydrogens is 160 g/mol. The average molecular weight is 180 g/mol. The number of fused-ring (bicyclic) bond motifs is 1. The minimum absolute atomic E-state index is 0.369. The van der Waals surface area contributed by atoms with Crippen molar-refractivity contribution in [3.05, 3.63) is 11.6 Å². The lowest BCUT2D eigenvalue weighted by molar-refractivity contribution is 0.276. The first-order valence-electron chi connectivity index (χ1n) is 5.72. The van der Waals surface area contributed by atoms with Gasteiger partial charge in [0, 0.05) is 6.61 Å². The maximum Gasteiger partial charge on any atom is 0.0431 e. The van der Waals surface area contributed by atoms with Gasteiger partial charge in [-0.25, -0.2) is 0 Å². The van der Waals surface area contributed by atoms with Crippen molar-refractivity contribution in [2.75, 3.05) is 6.61 Å². The second-order valence-corrected chi connectivity index (χ2v) is 4.47. The highest BCUT2D eigenvalue weighted by Crippen LogP contribution is 2.43. The molecule has 0 heterocycles. The van der Waals surface area contributed by atoms with Crippen LogP contribution in [0.3, 0.4) is 0 Å². The van der Waals surface area contributed by atoms with Crippen molar-refractivity contribution in [3.63, 3.8) is 0 Å². The van der Waals surface area contributed by atoms with E-state index >= 15 is 0 Å². The molecule has 2 rings (SSSR count). The Kier molecular flexibility index (Phi) is 3.05. The molecular formula is C12H20O. The van der Waals surface area contributed by atoms with Crippen molar-refractivity contribution in [2.24, 2.45) is 11.8 Å². The number of hydrogen-bond acceptors (Lipinski definition) is 1. The first-order chi connectivity index (χ1) is 6.42. The van der Waals surface area contributed by atoms with E-state index in [9.17, 15) is 0 Å². The van der Waals surface area contributed by atoms with Crippen LogP contribution in [-0.2, 0) is 0 Å². The topological polar surface area (TPSA) is 20.2 Å². The Labute approximate surface area is 80.8 Å². The van der Waals surface area contributed by atoms with E-state index in [2.05, 4.69) is 6.08 Å². The molecule has 0 spiro atoms. The van der Waals surface area contributed by atoms with Crippen molar-refractivity contribution in [1.29, 1.82) is 0 Å². The smallest absolute Gasteiger partial charge is 0.0431 e. The zero-order valence-electron chi connectivity index (χ0n) is 8.34. The molecule has 0 aliphatic heterocycles. The van der Waals surface area contributed by atoms with Crippen molar-refractivity contribution in [3.8, 4) is 0 Å². The predicted octanol–water partition coefficient (Wildman–Crippen LogP) is 2.90. The minimum atomic E-state index is 0.369. The third kappa shape index (κ3) is 1.96. The van der Waals surface area contributed by atoms with Crippen LogP contribution in [0.5, 0.6) is 0 Å². The lowest BCUT2D eigenvalue weighted by atomic mass is 9.86. The van der Waals surface area contributed by atoms with Gasteiger partial charge in [-0.3, -0.25) is 0 Å². The van der Waals surface area contributed by atoms with Crippen LogP contribution in [0.15, 0.2) is 11.6 Å². The van der Waals surface area contributed by atoms with Gasteiger partial charge in [-0.1, -0.05) is 11.6 Å². The lowest BCUT2D eigenvalue weighted by Gasteiger charge is -2.20. The lowest BCUT2D eigenvalue weighted by Crippen LogP contribution is -2.07. The molecule has 1 N–H and O–H groups in total. The summed E-state index contributed by atoms with van der Waals surface area (Å²) in [5.74, 6) is 1.76. The van der Waals surface area contributed by atoms with Crippen molar-refractivity contribution in [1.82, 2.24) is 0 Å². The van der Waals surface area contributed by atoms with Gasteiger partial charge in [0.1, 0.15) is 0 Å². The largest absolute Gasteiger partial charge is 0.396 e. The molecule has 13 heavy (non-hydrogen) atoms. The molecule has 1 nitrogen and oxygen atoms in total. The van der Waals surface area contributed by atoms with E-state index in [0.717, 1.165) is 18.3 Å². The van der Waals surface area contributed by atoms with E-state index in [0.29, 0.717) is 6.61 Å². The third-order valence-electron chi connectivity index (χ3n) is 3.65. The molecule has 1 fully saturated rings. The number of aliphatic hydroxyl groups is 1. The van der Waals surface area contributed by atoms with Crippen LogP contribution in [0.4, 0.5) is 0 Å². The van der Waals surface area contributed by atoms with E-state index in [1.54, 1.807) is 5.57 Å². The summed E-state index contributed by atoms with van der Waals surface area (Å²) in [5.41, 5.74) is 1.75. The molecule has 0 aromatic rings. The quantitative estimate of drug-likeness (QED) is 0.662. The highest BCUT2D eigenvalue weighted by Gasteiger charge is 2.30. The van der Waals surface area contributed by atoms with E-state index in [1.807, 2.05) is 0 Å². The number of aliphatic hydroxyl groups excluding tert-OH is 1. The van der Waals surface area contributed by atoms with Crippen LogP contribution in [-0.4, -0.2) is 11.7 Å². The number of rotatable bonds is 3. The highest BCUT2D eigenvalue weighted by molar-refractivity contribution is 5.17. The fourth-order valence-corrected chi connectivity index (χ4v) is 3.00. The maximum atomic E-state index is 8.80. The second-order valence-electron chi connectivity index (χ2n) is 4.47. The second kappa shape index (κ2) is 4.28. The maximum absolute atomic E-state index is 8.80. The summed E-state index contributed by atoms with van der Waals surface area (Å²) >= 11 is 0. The summed E-state index contributed by atoms with van der Waals surface area (Å²) in [6.45, 7) is 0.369. The van der Waals surface area contributed by atoms with Gasteiger partial charge in [-0.05, 0) is 56.8 Å². The SMILES string of the molecule is OCCC[C@@H]1CC[C@@H]2CCCC=C12. The van der Waals surface area contributed by atoms with Gasteiger partial charge in [0.2, 0.25) is 0 Å². The Bertz CT molecular complexity index is 195. The summed E-state index contributed by atoms with van der Waals surface area (Å²) in [5, 5.41) is 8.80. The molecule has 0 amide bonds. The molecule has 2 atom stereocenters. The predicted molar refractivity (Wildman–Crippen MR) is 54.5 cm³/mol. The van der Waals surface area contributed by atoms with Gasteiger partial charge >= 0.3 is 0 Å². The molecule has 2 aliphatic carbocycles. The van der Waals surface area contributed by atoms with E-state index < -0.39 is 0 Å². The summed E-state index contributed by atoms with van der Waals surface area (Å²) in [4.78, 5) is 0. The van der Waals surface area contributed by atoms with Gasteiger partial charge in [-0.2, -0.15) is 0 Å². The normalized spacial score (nSPS) is 32.8. The highest BCUT2D eigenvalue weighted by atomic mass is 16.2.